The minimum absolute atomic E-state index is 0.346. The van der Waals surface area contributed by atoms with Crippen molar-refractivity contribution in [1.29, 1.82) is 0 Å². The Hall–Kier alpha value is -2.33. The molecule has 0 heterocycles. The van der Waals surface area contributed by atoms with E-state index < -0.39 is 6.04 Å². The van der Waals surface area contributed by atoms with E-state index in [1.165, 1.54) is 0 Å². The first-order chi connectivity index (χ1) is 10.7. The van der Waals surface area contributed by atoms with Crippen molar-refractivity contribution in [3.05, 3.63) is 65.7 Å². The first kappa shape index (κ1) is 16.0. The molecule has 0 unspecified atom stereocenters. The third kappa shape index (κ3) is 4.90. The van der Waals surface area contributed by atoms with Gasteiger partial charge < -0.3 is 15.2 Å². The number of benzene rings is 2. The Morgan fingerprint density at radius 3 is 2.36 bits per heavy atom. The van der Waals surface area contributed by atoms with Crippen LogP contribution in [0.15, 0.2) is 54.6 Å². The Morgan fingerprint density at radius 1 is 1.05 bits per heavy atom. The molecule has 2 rings (SSSR count). The van der Waals surface area contributed by atoms with E-state index in [1.54, 1.807) is 7.11 Å². The van der Waals surface area contributed by atoms with Crippen molar-refractivity contribution in [2.24, 2.45) is 5.73 Å². The molecule has 0 amide bonds. The number of nitrogens with two attached hydrogens (primary N) is 1. The summed E-state index contributed by atoms with van der Waals surface area (Å²) in [7, 11) is 1.62. The molecule has 116 valence electrons. The lowest BCUT2D eigenvalue weighted by Gasteiger charge is -2.12. The molecule has 0 aliphatic rings. The maximum absolute atomic E-state index is 11.9. The molecule has 0 radical (unpaired) electrons. The average Bonchev–Trinajstić information content (AvgIpc) is 2.56. The van der Waals surface area contributed by atoms with Gasteiger partial charge in [-0.1, -0.05) is 42.5 Å². The molecule has 2 aromatic carbocycles. The Bertz CT molecular complexity index is 581. The van der Waals surface area contributed by atoms with Crippen LogP contribution < -0.4 is 10.5 Å². The van der Waals surface area contributed by atoms with Gasteiger partial charge in [-0.3, -0.25) is 4.79 Å². The highest BCUT2D eigenvalue weighted by atomic mass is 16.5. The second kappa shape index (κ2) is 8.20. The predicted octanol–water partition coefficient (Wildman–Crippen LogP) is 2.35. The zero-order valence-corrected chi connectivity index (χ0v) is 12.7. The molecule has 0 aromatic heterocycles. The summed E-state index contributed by atoms with van der Waals surface area (Å²) >= 11 is 0. The number of rotatable bonds is 7. The Morgan fingerprint density at radius 2 is 1.73 bits per heavy atom. The topological polar surface area (TPSA) is 61.5 Å². The van der Waals surface area contributed by atoms with Crippen molar-refractivity contribution in [2.45, 2.75) is 18.9 Å². The molecule has 4 nitrogen and oxygen atoms in total. The molecule has 4 heteroatoms. The molecule has 0 aliphatic heterocycles. The van der Waals surface area contributed by atoms with E-state index in [4.69, 9.17) is 15.2 Å². The summed E-state index contributed by atoms with van der Waals surface area (Å²) in [5.74, 6) is 0.412. The minimum atomic E-state index is -0.649. The fraction of sp³-hybridized carbons (Fsp3) is 0.278. The van der Waals surface area contributed by atoms with Crippen LogP contribution in [0.3, 0.4) is 0 Å². The van der Waals surface area contributed by atoms with E-state index in [0.29, 0.717) is 19.4 Å². The zero-order chi connectivity index (χ0) is 15.8. The summed E-state index contributed by atoms with van der Waals surface area (Å²) in [6.07, 6.45) is 1.15. The van der Waals surface area contributed by atoms with Gasteiger partial charge in [-0.25, -0.2) is 0 Å². The molecule has 0 fully saturated rings. The van der Waals surface area contributed by atoms with Crippen molar-refractivity contribution in [3.8, 4) is 5.75 Å². The monoisotopic (exact) mass is 299 g/mol. The van der Waals surface area contributed by atoms with Gasteiger partial charge in [0.1, 0.15) is 11.8 Å². The van der Waals surface area contributed by atoms with Crippen molar-refractivity contribution < 1.29 is 14.3 Å². The highest BCUT2D eigenvalue weighted by Crippen LogP contribution is 2.12. The summed E-state index contributed by atoms with van der Waals surface area (Å²) in [6.45, 7) is 0.346. The van der Waals surface area contributed by atoms with Gasteiger partial charge in [-0.2, -0.15) is 0 Å². The standard InChI is InChI=1S/C18H21NO3/c1-21-16-9-7-15(8-10-16)13-17(19)18(20)22-12-11-14-5-3-2-4-6-14/h2-10,17H,11-13,19H2,1H3/t17-/m0/s1. The molecule has 2 aromatic rings. The summed E-state index contributed by atoms with van der Waals surface area (Å²) in [6, 6.07) is 16.7. The van der Waals surface area contributed by atoms with Crippen molar-refractivity contribution in [3.63, 3.8) is 0 Å². The summed E-state index contributed by atoms with van der Waals surface area (Å²) < 4.78 is 10.3. The molecule has 0 spiro atoms. The van der Waals surface area contributed by atoms with Crippen molar-refractivity contribution >= 4 is 5.97 Å². The average molecular weight is 299 g/mol. The van der Waals surface area contributed by atoms with Crippen LogP contribution in [0, 0.1) is 0 Å². The smallest absolute Gasteiger partial charge is 0.323 e. The number of ether oxygens (including phenoxy) is 2. The van der Waals surface area contributed by atoms with Crippen LogP contribution in [0.4, 0.5) is 0 Å². The number of esters is 1. The van der Waals surface area contributed by atoms with E-state index >= 15 is 0 Å². The van der Waals surface area contributed by atoms with E-state index in [-0.39, 0.29) is 5.97 Å². The van der Waals surface area contributed by atoms with Crippen LogP contribution in [0.25, 0.3) is 0 Å². The first-order valence-electron chi connectivity index (χ1n) is 7.28. The van der Waals surface area contributed by atoms with Crippen LogP contribution in [-0.4, -0.2) is 25.7 Å². The molecule has 0 aliphatic carbocycles. The van der Waals surface area contributed by atoms with Crippen molar-refractivity contribution in [2.75, 3.05) is 13.7 Å². The molecule has 0 bridgehead atoms. The maximum Gasteiger partial charge on any atom is 0.323 e. The molecule has 0 saturated carbocycles. The van der Waals surface area contributed by atoms with Crippen LogP contribution >= 0.6 is 0 Å². The van der Waals surface area contributed by atoms with Crippen molar-refractivity contribution in [1.82, 2.24) is 0 Å². The Labute approximate surface area is 130 Å². The lowest BCUT2D eigenvalue weighted by atomic mass is 10.1. The fourth-order valence-corrected chi connectivity index (χ4v) is 2.12. The largest absolute Gasteiger partial charge is 0.497 e. The molecular weight excluding hydrogens is 278 g/mol. The van der Waals surface area contributed by atoms with Gasteiger partial charge in [-0.15, -0.1) is 0 Å². The van der Waals surface area contributed by atoms with E-state index in [1.807, 2.05) is 54.6 Å². The normalized spacial score (nSPS) is 11.7. The number of carbonyl (C=O) groups is 1. The van der Waals surface area contributed by atoms with E-state index in [2.05, 4.69) is 0 Å². The predicted molar refractivity (Wildman–Crippen MR) is 85.8 cm³/mol. The summed E-state index contributed by atoms with van der Waals surface area (Å²) in [4.78, 5) is 11.9. The second-order valence-corrected chi connectivity index (χ2v) is 5.06. The van der Waals surface area contributed by atoms with Crippen LogP contribution in [0.1, 0.15) is 11.1 Å². The van der Waals surface area contributed by atoms with Gasteiger partial charge in [0.25, 0.3) is 0 Å². The maximum atomic E-state index is 11.9. The molecule has 22 heavy (non-hydrogen) atoms. The van der Waals surface area contributed by atoms with Crippen LogP contribution in [0.5, 0.6) is 5.75 Å². The van der Waals surface area contributed by atoms with Gasteiger partial charge in [0.05, 0.1) is 13.7 Å². The van der Waals surface area contributed by atoms with E-state index in [9.17, 15) is 4.79 Å². The molecule has 0 saturated heterocycles. The van der Waals surface area contributed by atoms with Crippen LogP contribution in [-0.2, 0) is 22.4 Å². The van der Waals surface area contributed by atoms with Gasteiger partial charge in [0, 0.05) is 6.42 Å². The number of carbonyl (C=O) groups excluding carboxylic acids is 1. The zero-order valence-electron chi connectivity index (χ0n) is 12.7. The van der Waals surface area contributed by atoms with Gasteiger partial charge in [0.15, 0.2) is 0 Å². The third-order valence-electron chi connectivity index (χ3n) is 3.40. The second-order valence-electron chi connectivity index (χ2n) is 5.06. The quantitative estimate of drug-likeness (QED) is 0.797. The summed E-state index contributed by atoms with van der Waals surface area (Å²) in [5, 5.41) is 0. The fourth-order valence-electron chi connectivity index (χ4n) is 2.12. The summed E-state index contributed by atoms with van der Waals surface area (Å²) in [5.41, 5.74) is 8.01. The van der Waals surface area contributed by atoms with Crippen LogP contribution in [0.2, 0.25) is 0 Å². The molecule has 2 N–H and O–H groups in total. The lowest BCUT2D eigenvalue weighted by molar-refractivity contribution is -0.145. The van der Waals surface area contributed by atoms with Gasteiger partial charge >= 0.3 is 5.97 Å². The highest BCUT2D eigenvalue weighted by molar-refractivity contribution is 5.75. The SMILES string of the molecule is COc1ccc(C[C@H](N)C(=O)OCCc2ccccc2)cc1. The van der Waals surface area contributed by atoms with E-state index in [0.717, 1.165) is 16.9 Å². The Balaban J connectivity index is 1.76. The number of hydrogen-bond donors (Lipinski definition) is 1. The number of hydrogen-bond acceptors (Lipinski definition) is 4. The third-order valence-corrected chi connectivity index (χ3v) is 3.40. The highest BCUT2D eigenvalue weighted by Gasteiger charge is 2.15. The molecular formula is C18H21NO3. The Kier molecular flexibility index (Phi) is 5.98. The lowest BCUT2D eigenvalue weighted by Crippen LogP contribution is -2.34. The van der Waals surface area contributed by atoms with Gasteiger partial charge in [0.2, 0.25) is 0 Å². The first-order valence-corrected chi connectivity index (χ1v) is 7.28. The molecule has 1 atom stereocenters. The number of methoxy groups -OCH3 is 1. The minimum Gasteiger partial charge on any atom is -0.497 e. The van der Waals surface area contributed by atoms with Gasteiger partial charge in [-0.05, 0) is 29.7 Å².